The van der Waals surface area contributed by atoms with Crippen molar-refractivity contribution in [2.75, 3.05) is 0 Å². The first-order chi connectivity index (χ1) is 40.2. The van der Waals surface area contributed by atoms with Crippen molar-refractivity contribution in [3.05, 3.63) is 192 Å². The van der Waals surface area contributed by atoms with E-state index in [-0.39, 0.29) is 32.1 Å². The summed E-state index contributed by atoms with van der Waals surface area (Å²) in [7, 11) is 0. The van der Waals surface area contributed by atoms with E-state index in [0.29, 0.717) is 51.7 Å². The fourth-order valence-electron chi connectivity index (χ4n) is 8.78. The van der Waals surface area contributed by atoms with E-state index in [1.807, 2.05) is 137 Å². The molecule has 9 aromatic rings. The van der Waals surface area contributed by atoms with Gasteiger partial charge in [0.2, 0.25) is 0 Å². The zero-order chi connectivity index (χ0) is 64.0. The van der Waals surface area contributed by atoms with Gasteiger partial charge in [-0.25, -0.2) is 4.98 Å². The Morgan fingerprint density at radius 3 is 1.79 bits per heavy atom. The van der Waals surface area contributed by atoms with Crippen molar-refractivity contribution in [1.29, 1.82) is 0 Å². The molecule has 0 fully saturated rings. The van der Waals surface area contributed by atoms with Crippen LogP contribution >= 0.6 is 0 Å². The number of nitrogens with zero attached hydrogens (tertiary/aromatic N) is 3. The molecule has 7 aromatic carbocycles. The van der Waals surface area contributed by atoms with Gasteiger partial charge in [-0.1, -0.05) is 209 Å². The fourth-order valence-corrected chi connectivity index (χ4v) is 8.78. The molecule has 70 heavy (non-hydrogen) atoms. The van der Waals surface area contributed by atoms with E-state index in [9.17, 15) is 5.11 Å². The number of fused-ring (bicyclic) bond motifs is 1. The SMILES string of the molecule is [2H]C([2H])([2H])C(c1cc(-c2nc3c(-c4[c-]c(-c5cc(-c6ccc(-c7ccccc7)cc6)ccn5)cc(C(C)(C)C)c4)cccc3n2-c2ccc(C(C)(C)CC)cc2-c2ccccc2)c(O)c(C(C([2H])([2H])[2H])(C([2H])([2H])[2H])C([2H])([2H])[2H])c1)(C([2H])([2H])[2H])C([2H])([2H])[2H].[Pt]. The monoisotopic (exact) mass is 1120 g/mol. The van der Waals surface area contributed by atoms with Gasteiger partial charge in [-0.2, -0.15) is 0 Å². The van der Waals surface area contributed by atoms with Crippen molar-refractivity contribution in [3.63, 3.8) is 0 Å². The van der Waals surface area contributed by atoms with Gasteiger partial charge in [0.25, 0.3) is 0 Å². The average Bonchev–Trinajstić information content (AvgIpc) is 0.925. The quantitative estimate of drug-likeness (QED) is 0.147. The summed E-state index contributed by atoms with van der Waals surface area (Å²) < 4.78 is 160. The molecular formula is C65H66N3OPt-. The number of hydrogen-bond donors (Lipinski definition) is 1. The van der Waals surface area contributed by atoms with Gasteiger partial charge in [0.15, 0.2) is 0 Å². The molecule has 0 amide bonds. The fraction of sp³-hybridized carbons (Fsp3) is 0.262. The van der Waals surface area contributed by atoms with Crippen LogP contribution < -0.4 is 0 Å². The Morgan fingerprint density at radius 1 is 0.543 bits per heavy atom. The molecule has 0 radical (unpaired) electrons. The second kappa shape index (κ2) is 19.1. The summed E-state index contributed by atoms with van der Waals surface area (Å²) in [5.41, 5.74) is -2.81. The maximum Gasteiger partial charge on any atom is 0.148 e. The van der Waals surface area contributed by atoms with Gasteiger partial charge in [0.1, 0.15) is 11.6 Å². The molecule has 358 valence electrons. The van der Waals surface area contributed by atoms with E-state index in [0.717, 1.165) is 39.4 Å². The number of benzene rings is 7. The molecule has 0 saturated carbocycles. The Morgan fingerprint density at radius 2 is 1.14 bits per heavy atom. The minimum absolute atomic E-state index is 0. The Labute approximate surface area is 456 Å². The number of aromatic nitrogens is 3. The predicted molar refractivity (Wildman–Crippen MR) is 291 cm³/mol. The standard InChI is InChI=1S/C65H66N3O.Pt/c1-13-65(11,12)49-31-32-57(53(39-49)45-23-18-15-19-24-45)68-58-26-20-25-52(59(58)67-61(68)54-40-51(63(5,6)7)41-55(60(54)69)64(8,9)10)47-35-48(37-50(36-47)62(2,3)4)56-38-46(33-34-66-56)44-29-27-43(28-30-44)42-21-16-14-17-22-42;/h14-34,36-41,69H,13H2,1-12H3;/q-1;/i5D3,6D3,7D3,8D3,9D3,10D3;. The number of phenolic OH excluding ortho intramolecular Hbond substituents is 1. The first-order valence-corrected chi connectivity index (χ1v) is 23.0. The Hall–Kier alpha value is -6.35. The van der Waals surface area contributed by atoms with E-state index in [2.05, 4.69) is 32.0 Å². The third kappa shape index (κ3) is 9.86. The van der Waals surface area contributed by atoms with Gasteiger partial charge in [0.05, 0.1) is 22.3 Å². The zero-order valence-electron chi connectivity index (χ0n) is 57.9. The Balaban J connectivity index is 0.0000100. The largest absolute Gasteiger partial charge is 0.507 e. The molecule has 0 aliphatic heterocycles. The topological polar surface area (TPSA) is 50.9 Å². The molecule has 1 N–H and O–H groups in total. The molecule has 5 heteroatoms. The molecular weight excluding hydrogens is 1030 g/mol. The summed E-state index contributed by atoms with van der Waals surface area (Å²) in [6.07, 6.45) is 2.42. The summed E-state index contributed by atoms with van der Waals surface area (Å²) in [4.78, 5) is 10.1. The van der Waals surface area contributed by atoms with Gasteiger partial charge >= 0.3 is 0 Å². The molecule has 0 atom stereocenters. The zero-order valence-corrected chi connectivity index (χ0v) is 42.2. The summed E-state index contributed by atoms with van der Waals surface area (Å²) in [5, 5.41) is 13.1. The van der Waals surface area contributed by atoms with Crippen LogP contribution in [-0.2, 0) is 42.7 Å². The molecule has 0 saturated heterocycles. The molecule has 2 heterocycles. The molecule has 0 aliphatic carbocycles. The Kier molecular flexibility index (Phi) is 8.67. The summed E-state index contributed by atoms with van der Waals surface area (Å²) >= 11 is 0. The van der Waals surface area contributed by atoms with Crippen LogP contribution in [0.5, 0.6) is 5.75 Å². The smallest absolute Gasteiger partial charge is 0.148 e. The van der Waals surface area contributed by atoms with Crippen LogP contribution in [0.3, 0.4) is 0 Å². The van der Waals surface area contributed by atoms with Gasteiger partial charge in [-0.15, -0.1) is 29.3 Å². The van der Waals surface area contributed by atoms with Crippen molar-refractivity contribution in [3.8, 4) is 78.6 Å². The van der Waals surface area contributed by atoms with E-state index < -0.39 is 91.0 Å². The van der Waals surface area contributed by atoms with E-state index in [1.54, 1.807) is 35.0 Å². The number of hydrogen-bond acceptors (Lipinski definition) is 3. The molecule has 0 bridgehead atoms. The third-order valence-electron chi connectivity index (χ3n) is 13.2. The maximum absolute atomic E-state index is 13.1. The summed E-state index contributed by atoms with van der Waals surface area (Å²) in [6, 6.07) is 50.6. The third-order valence-corrected chi connectivity index (χ3v) is 13.2. The first kappa shape index (κ1) is 31.8. The number of imidazole rings is 1. The number of para-hydroxylation sites is 1. The second-order valence-electron chi connectivity index (χ2n) is 19.5. The van der Waals surface area contributed by atoms with Crippen molar-refractivity contribution in [2.24, 2.45) is 0 Å². The Bertz CT molecular complexity index is 3950. The van der Waals surface area contributed by atoms with Crippen LogP contribution in [0.15, 0.2) is 164 Å². The molecule has 0 unspecified atom stereocenters. The van der Waals surface area contributed by atoms with Crippen molar-refractivity contribution >= 4 is 11.0 Å². The van der Waals surface area contributed by atoms with Gasteiger partial charge in [-0.3, -0.25) is 9.55 Å². The second-order valence-corrected chi connectivity index (χ2v) is 19.5. The maximum atomic E-state index is 13.1. The first-order valence-electron chi connectivity index (χ1n) is 32.0. The molecule has 0 aliphatic rings. The number of aromatic hydroxyl groups is 1. The van der Waals surface area contributed by atoms with Crippen LogP contribution in [-0.4, -0.2) is 19.6 Å². The van der Waals surface area contributed by atoms with E-state index in [4.69, 9.17) is 34.6 Å². The number of pyridine rings is 1. The number of rotatable bonds is 9. The normalized spacial score (nSPS) is 17.2. The average molecular weight is 1120 g/mol. The van der Waals surface area contributed by atoms with Crippen molar-refractivity contribution in [1.82, 2.24) is 14.5 Å². The minimum atomic E-state index is -4.15. The summed E-state index contributed by atoms with van der Waals surface area (Å²) in [6.45, 7) is -12.3. The summed E-state index contributed by atoms with van der Waals surface area (Å²) in [5.74, 6) is -1.77. The number of phenols is 1. The van der Waals surface area contributed by atoms with Crippen molar-refractivity contribution < 1.29 is 50.8 Å². The van der Waals surface area contributed by atoms with Crippen LogP contribution in [0.2, 0.25) is 0 Å². The van der Waals surface area contributed by atoms with E-state index in [1.165, 1.54) is 0 Å². The van der Waals surface area contributed by atoms with Crippen LogP contribution in [0.4, 0.5) is 0 Å². The van der Waals surface area contributed by atoms with Crippen LogP contribution in [0.1, 0.15) is 136 Å². The molecule has 9 rings (SSSR count). The molecule has 2 aromatic heterocycles. The van der Waals surface area contributed by atoms with Gasteiger partial charge < -0.3 is 5.11 Å². The van der Waals surface area contributed by atoms with Crippen LogP contribution in [0, 0.1) is 6.07 Å². The van der Waals surface area contributed by atoms with E-state index >= 15 is 0 Å². The van der Waals surface area contributed by atoms with Crippen LogP contribution in [0.25, 0.3) is 83.9 Å². The van der Waals surface area contributed by atoms with Gasteiger partial charge in [-0.05, 0) is 97.4 Å². The van der Waals surface area contributed by atoms with Gasteiger partial charge in [0, 0.05) is 68.8 Å². The predicted octanol–water partition coefficient (Wildman–Crippen LogP) is 17.5. The molecule has 0 spiro atoms. The minimum Gasteiger partial charge on any atom is -0.507 e. The molecule has 4 nitrogen and oxygen atoms in total. The van der Waals surface area contributed by atoms with Crippen molar-refractivity contribution in [2.45, 2.75) is 111 Å².